The summed E-state index contributed by atoms with van der Waals surface area (Å²) in [5.41, 5.74) is 5.74. The zero-order valence-electron chi connectivity index (χ0n) is 17.8. The van der Waals surface area contributed by atoms with Crippen molar-refractivity contribution in [2.45, 2.75) is 57.3 Å². The minimum atomic E-state index is -1.68. The number of carbonyl (C=O) groups is 5. The van der Waals surface area contributed by atoms with Crippen LogP contribution in [0.5, 0.6) is 0 Å². The van der Waals surface area contributed by atoms with E-state index in [1.807, 2.05) is 6.26 Å². The van der Waals surface area contributed by atoms with Gasteiger partial charge in [-0.05, 0) is 24.3 Å². The van der Waals surface area contributed by atoms with E-state index in [2.05, 4.69) is 16.0 Å². The van der Waals surface area contributed by atoms with E-state index in [1.54, 1.807) is 13.8 Å². The Morgan fingerprint density at radius 1 is 0.968 bits per heavy atom. The van der Waals surface area contributed by atoms with Crippen molar-refractivity contribution in [1.29, 1.82) is 0 Å². The van der Waals surface area contributed by atoms with Gasteiger partial charge in [0.05, 0.1) is 19.1 Å². The minimum absolute atomic E-state index is 0.366. The topological polar surface area (TPSA) is 208 Å². The Labute approximate surface area is 184 Å². The molecule has 0 saturated heterocycles. The fourth-order valence-corrected chi connectivity index (χ4v) is 2.93. The third-order valence-electron chi connectivity index (χ3n) is 4.57. The molecule has 0 aromatic heterocycles. The fourth-order valence-electron chi connectivity index (χ4n) is 2.44. The molecule has 0 saturated carbocycles. The molecule has 178 valence electrons. The van der Waals surface area contributed by atoms with E-state index < -0.39 is 72.8 Å². The van der Waals surface area contributed by atoms with Gasteiger partial charge in [-0.2, -0.15) is 11.8 Å². The van der Waals surface area contributed by atoms with Crippen LogP contribution in [-0.4, -0.2) is 87.8 Å². The molecule has 0 aliphatic carbocycles. The lowest BCUT2D eigenvalue weighted by Gasteiger charge is -2.27. The number of aliphatic hydroxyl groups is 1. The maximum atomic E-state index is 12.6. The summed E-state index contributed by atoms with van der Waals surface area (Å²) in [6, 6.07) is -5.16. The first-order valence-corrected chi connectivity index (χ1v) is 11.1. The number of amides is 3. The van der Waals surface area contributed by atoms with Crippen LogP contribution < -0.4 is 21.7 Å². The maximum absolute atomic E-state index is 12.6. The first-order valence-electron chi connectivity index (χ1n) is 9.69. The van der Waals surface area contributed by atoms with Crippen LogP contribution in [0, 0.1) is 5.92 Å². The summed E-state index contributed by atoms with van der Waals surface area (Å²) in [4.78, 5) is 59.3. The molecule has 0 aliphatic rings. The van der Waals surface area contributed by atoms with E-state index in [4.69, 9.17) is 15.9 Å². The Balaban J connectivity index is 5.28. The van der Waals surface area contributed by atoms with Crippen LogP contribution in [0.2, 0.25) is 0 Å². The Morgan fingerprint density at radius 3 is 2.00 bits per heavy atom. The normalized spacial score (nSPS) is 15.6. The van der Waals surface area contributed by atoms with E-state index in [0.29, 0.717) is 18.6 Å². The molecule has 0 rings (SSSR count). The number of nitrogens with one attached hydrogen (secondary N) is 3. The van der Waals surface area contributed by atoms with Crippen LogP contribution >= 0.6 is 11.8 Å². The second-order valence-corrected chi connectivity index (χ2v) is 7.99. The zero-order chi connectivity index (χ0) is 24.1. The van der Waals surface area contributed by atoms with Crippen molar-refractivity contribution in [1.82, 2.24) is 16.0 Å². The molecule has 3 amide bonds. The zero-order valence-corrected chi connectivity index (χ0v) is 18.6. The lowest BCUT2D eigenvalue weighted by atomic mass is 9.97. The number of carboxylic acids is 2. The summed E-state index contributed by atoms with van der Waals surface area (Å²) in [6.45, 7) is 2.61. The van der Waals surface area contributed by atoms with E-state index in [-0.39, 0.29) is 0 Å². The average molecular weight is 465 g/mol. The second-order valence-electron chi connectivity index (χ2n) is 7.00. The fraction of sp³-hybridized carbons (Fsp3) is 0.722. The highest BCUT2D eigenvalue weighted by molar-refractivity contribution is 7.98. The van der Waals surface area contributed by atoms with Gasteiger partial charge in [0.1, 0.15) is 18.1 Å². The molecule has 0 aromatic carbocycles. The SMILES string of the molecule is CCC(C)C(NC(=O)C(CO)NC(=O)C(N)CCSC)C(=O)NC(CC(=O)O)C(=O)O. The van der Waals surface area contributed by atoms with Gasteiger partial charge >= 0.3 is 11.9 Å². The van der Waals surface area contributed by atoms with Crippen molar-refractivity contribution >= 4 is 41.4 Å². The second kappa shape index (κ2) is 14.6. The molecule has 0 radical (unpaired) electrons. The van der Waals surface area contributed by atoms with Crippen LogP contribution in [0.3, 0.4) is 0 Å². The molecular formula is C18H32N4O8S. The number of hydrogen-bond acceptors (Lipinski definition) is 8. The summed E-state index contributed by atoms with van der Waals surface area (Å²) in [6.07, 6.45) is 1.79. The smallest absolute Gasteiger partial charge is 0.326 e. The molecule has 12 nitrogen and oxygen atoms in total. The van der Waals surface area contributed by atoms with Gasteiger partial charge < -0.3 is 37.0 Å². The van der Waals surface area contributed by atoms with Crippen molar-refractivity contribution in [3.05, 3.63) is 0 Å². The Kier molecular flexibility index (Phi) is 13.5. The van der Waals surface area contributed by atoms with Crippen LogP contribution in [0.15, 0.2) is 0 Å². The van der Waals surface area contributed by atoms with E-state index in [0.717, 1.165) is 0 Å². The van der Waals surface area contributed by atoms with Crippen molar-refractivity contribution < 1.29 is 39.3 Å². The molecule has 0 aliphatic heterocycles. The number of thioether (sulfide) groups is 1. The molecule has 8 N–H and O–H groups in total. The van der Waals surface area contributed by atoms with Gasteiger partial charge in [-0.3, -0.25) is 19.2 Å². The highest BCUT2D eigenvalue weighted by Crippen LogP contribution is 2.10. The molecule has 0 heterocycles. The lowest BCUT2D eigenvalue weighted by molar-refractivity contribution is -0.147. The summed E-state index contributed by atoms with van der Waals surface area (Å²) in [7, 11) is 0. The van der Waals surface area contributed by atoms with Crippen molar-refractivity contribution in [3.8, 4) is 0 Å². The molecule has 0 aromatic rings. The lowest BCUT2D eigenvalue weighted by Crippen LogP contribution is -2.59. The van der Waals surface area contributed by atoms with Crippen molar-refractivity contribution in [2.24, 2.45) is 11.7 Å². The van der Waals surface area contributed by atoms with E-state index >= 15 is 0 Å². The maximum Gasteiger partial charge on any atom is 0.326 e. The largest absolute Gasteiger partial charge is 0.481 e. The Hall–Kier alpha value is -2.38. The number of aliphatic carboxylic acids is 2. The molecule has 0 spiro atoms. The predicted octanol–water partition coefficient (Wildman–Crippen LogP) is -1.88. The first-order chi connectivity index (χ1) is 14.5. The van der Waals surface area contributed by atoms with Gasteiger partial charge in [-0.25, -0.2) is 4.79 Å². The minimum Gasteiger partial charge on any atom is -0.481 e. The Morgan fingerprint density at radius 2 is 1.55 bits per heavy atom. The highest BCUT2D eigenvalue weighted by atomic mass is 32.2. The average Bonchev–Trinajstić information content (AvgIpc) is 2.71. The summed E-state index contributed by atoms with van der Waals surface area (Å²) in [5, 5.41) is 34.2. The number of hydrogen-bond donors (Lipinski definition) is 7. The van der Waals surface area contributed by atoms with Gasteiger partial charge in [-0.15, -0.1) is 0 Å². The molecule has 0 bridgehead atoms. The van der Waals surface area contributed by atoms with Gasteiger partial charge in [0.15, 0.2) is 0 Å². The third kappa shape index (κ3) is 10.5. The summed E-state index contributed by atoms with van der Waals surface area (Å²) < 4.78 is 0. The standard InChI is InChI=1S/C18H32N4O8S/c1-4-9(2)14(17(28)20-11(18(29)30)7-13(24)25)22-16(27)12(8-23)21-15(26)10(19)5-6-31-3/h9-12,14,23H,4-8,19H2,1-3H3,(H,20,28)(H,21,26)(H,22,27)(H,24,25)(H,29,30). The van der Waals surface area contributed by atoms with Crippen LogP contribution in [-0.2, 0) is 24.0 Å². The molecule has 5 atom stereocenters. The highest BCUT2D eigenvalue weighted by Gasteiger charge is 2.33. The van der Waals surface area contributed by atoms with Gasteiger partial charge in [0, 0.05) is 0 Å². The number of carboxylic acid groups (broad SMARTS) is 2. The van der Waals surface area contributed by atoms with E-state index in [9.17, 15) is 29.1 Å². The predicted molar refractivity (Wildman–Crippen MR) is 113 cm³/mol. The van der Waals surface area contributed by atoms with E-state index in [1.165, 1.54) is 11.8 Å². The van der Waals surface area contributed by atoms with Crippen molar-refractivity contribution in [3.63, 3.8) is 0 Å². The van der Waals surface area contributed by atoms with Crippen molar-refractivity contribution in [2.75, 3.05) is 18.6 Å². The quantitative estimate of drug-likeness (QED) is 0.143. The Bertz CT molecular complexity index is 648. The van der Waals surface area contributed by atoms with Crippen LogP contribution in [0.1, 0.15) is 33.1 Å². The molecule has 0 fully saturated rings. The monoisotopic (exact) mass is 464 g/mol. The number of carbonyl (C=O) groups excluding carboxylic acids is 3. The van der Waals surface area contributed by atoms with Gasteiger partial charge in [0.2, 0.25) is 17.7 Å². The number of rotatable bonds is 15. The van der Waals surface area contributed by atoms with Crippen LogP contribution in [0.4, 0.5) is 0 Å². The molecule has 5 unspecified atom stereocenters. The molecule has 31 heavy (non-hydrogen) atoms. The number of nitrogens with two attached hydrogens (primary N) is 1. The third-order valence-corrected chi connectivity index (χ3v) is 5.22. The molecule has 13 heteroatoms. The summed E-state index contributed by atoms with van der Waals surface area (Å²) in [5.74, 6) is -5.18. The number of aliphatic hydroxyl groups excluding tert-OH is 1. The van der Waals surface area contributed by atoms with Crippen LogP contribution in [0.25, 0.3) is 0 Å². The van der Waals surface area contributed by atoms with Gasteiger partial charge in [-0.1, -0.05) is 20.3 Å². The molecular weight excluding hydrogens is 432 g/mol. The first kappa shape index (κ1) is 28.6. The summed E-state index contributed by atoms with van der Waals surface area (Å²) >= 11 is 1.49. The van der Waals surface area contributed by atoms with Gasteiger partial charge in [0.25, 0.3) is 0 Å².